The molecule has 3 aromatic rings. The minimum absolute atomic E-state index is 0.0881. The summed E-state index contributed by atoms with van der Waals surface area (Å²) in [5, 5.41) is 2.48. The Bertz CT molecular complexity index is 953. The number of hydrogen-bond donors (Lipinski definition) is 1. The highest BCUT2D eigenvalue weighted by Crippen LogP contribution is 2.17. The van der Waals surface area contributed by atoms with Crippen molar-refractivity contribution in [1.82, 2.24) is 0 Å². The Morgan fingerprint density at radius 3 is 2.30 bits per heavy atom. The SMILES string of the molecule is Cc1ccc(F)c(NC(=O)COc2ccc(C(=O)c3ccccc3)cc2)c1. The van der Waals surface area contributed by atoms with Gasteiger partial charge >= 0.3 is 0 Å². The number of hydrogen-bond acceptors (Lipinski definition) is 3. The van der Waals surface area contributed by atoms with Gasteiger partial charge < -0.3 is 10.1 Å². The van der Waals surface area contributed by atoms with Crippen LogP contribution < -0.4 is 10.1 Å². The fourth-order valence-corrected chi connectivity index (χ4v) is 2.53. The summed E-state index contributed by atoms with van der Waals surface area (Å²) >= 11 is 0. The van der Waals surface area contributed by atoms with E-state index in [2.05, 4.69) is 5.32 Å². The zero-order chi connectivity index (χ0) is 19.2. The van der Waals surface area contributed by atoms with Gasteiger partial charge in [0, 0.05) is 11.1 Å². The number of nitrogens with one attached hydrogen (secondary N) is 1. The highest BCUT2D eigenvalue weighted by molar-refractivity contribution is 6.09. The van der Waals surface area contributed by atoms with Crippen molar-refractivity contribution in [3.05, 3.63) is 95.3 Å². The van der Waals surface area contributed by atoms with Gasteiger partial charge in [0.05, 0.1) is 5.69 Å². The summed E-state index contributed by atoms with van der Waals surface area (Å²) in [4.78, 5) is 24.3. The van der Waals surface area contributed by atoms with Crippen LogP contribution in [0.4, 0.5) is 10.1 Å². The first-order valence-corrected chi connectivity index (χ1v) is 8.41. The average molecular weight is 363 g/mol. The smallest absolute Gasteiger partial charge is 0.262 e. The Morgan fingerprint density at radius 1 is 0.926 bits per heavy atom. The van der Waals surface area contributed by atoms with Crippen molar-refractivity contribution in [2.75, 3.05) is 11.9 Å². The average Bonchev–Trinajstić information content (AvgIpc) is 2.70. The third kappa shape index (κ3) is 4.79. The van der Waals surface area contributed by atoms with Crippen LogP contribution in [0.15, 0.2) is 72.8 Å². The molecule has 0 aromatic heterocycles. The lowest BCUT2D eigenvalue weighted by Crippen LogP contribution is -2.20. The monoisotopic (exact) mass is 363 g/mol. The number of anilines is 1. The molecular formula is C22H18FNO3. The Kier molecular flexibility index (Phi) is 5.61. The van der Waals surface area contributed by atoms with Crippen LogP contribution in [0, 0.1) is 12.7 Å². The van der Waals surface area contributed by atoms with Crippen molar-refractivity contribution >= 4 is 17.4 Å². The zero-order valence-corrected chi connectivity index (χ0v) is 14.7. The number of carbonyl (C=O) groups excluding carboxylic acids is 2. The maximum atomic E-state index is 13.7. The van der Waals surface area contributed by atoms with Gasteiger partial charge in [0.15, 0.2) is 12.4 Å². The summed E-state index contributed by atoms with van der Waals surface area (Å²) in [7, 11) is 0. The molecule has 27 heavy (non-hydrogen) atoms. The molecule has 0 spiro atoms. The van der Waals surface area contributed by atoms with Gasteiger partial charge in [-0.2, -0.15) is 0 Å². The number of benzene rings is 3. The number of rotatable bonds is 6. The van der Waals surface area contributed by atoms with E-state index in [0.29, 0.717) is 16.9 Å². The summed E-state index contributed by atoms with van der Waals surface area (Å²) in [6, 6.07) is 20.0. The molecule has 0 bridgehead atoms. The van der Waals surface area contributed by atoms with Crippen molar-refractivity contribution in [1.29, 1.82) is 0 Å². The number of ketones is 1. The van der Waals surface area contributed by atoms with Crippen LogP contribution in [0.5, 0.6) is 5.75 Å². The molecule has 0 unspecified atom stereocenters. The molecular weight excluding hydrogens is 345 g/mol. The second-order valence-corrected chi connectivity index (χ2v) is 6.04. The van der Waals surface area contributed by atoms with Crippen LogP contribution in [0.1, 0.15) is 21.5 Å². The van der Waals surface area contributed by atoms with Crippen LogP contribution in [-0.4, -0.2) is 18.3 Å². The van der Waals surface area contributed by atoms with Crippen LogP contribution in [0.3, 0.4) is 0 Å². The van der Waals surface area contributed by atoms with E-state index in [1.54, 1.807) is 60.7 Å². The molecule has 0 aliphatic rings. The highest BCUT2D eigenvalue weighted by Gasteiger charge is 2.10. The minimum Gasteiger partial charge on any atom is -0.484 e. The molecule has 0 atom stereocenters. The molecule has 1 amide bonds. The molecule has 0 fully saturated rings. The van der Waals surface area contributed by atoms with Gasteiger partial charge in [-0.1, -0.05) is 36.4 Å². The van der Waals surface area contributed by atoms with Crippen LogP contribution in [0.25, 0.3) is 0 Å². The van der Waals surface area contributed by atoms with E-state index in [9.17, 15) is 14.0 Å². The van der Waals surface area contributed by atoms with Gasteiger partial charge in [0.1, 0.15) is 11.6 Å². The van der Waals surface area contributed by atoms with Crippen molar-refractivity contribution < 1.29 is 18.7 Å². The molecule has 0 saturated carbocycles. The van der Waals surface area contributed by atoms with Crippen molar-refractivity contribution in [3.63, 3.8) is 0 Å². The van der Waals surface area contributed by atoms with Crippen molar-refractivity contribution in [2.45, 2.75) is 6.92 Å². The number of aryl methyl sites for hydroxylation is 1. The Hall–Kier alpha value is -3.47. The number of amides is 1. The normalized spacial score (nSPS) is 10.3. The van der Waals surface area contributed by atoms with Crippen LogP contribution >= 0.6 is 0 Å². The van der Waals surface area contributed by atoms with E-state index in [1.807, 2.05) is 13.0 Å². The van der Waals surface area contributed by atoms with Crippen molar-refractivity contribution in [3.8, 4) is 5.75 Å². The lowest BCUT2D eigenvalue weighted by Gasteiger charge is -2.09. The number of ether oxygens (including phenoxy) is 1. The first-order chi connectivity index (χ1) is 13.0. The largest absolute Gasteiger partial charge is 0.484 e. The predicted molar refractivity (Wildman–Crippen MR) is 102 cm³/mol. The minimum atomic E-state index is -0.502. The molecule has 4 nitrogen and oxygen atoms in total. The van der Waals surface area contributed by atoms with Gasteiger partial charge in [0.2, 0.25) is 0 Å². The summed E-state index contributed by atoms with van der Waals surface area (Å²) in [6.07, 6.45) is 0. The predicted octanol–water partition coefficient (Wildman–Crippen LogP) is 4.38. The van der Waals surface area contributed by atoms with Gasteiger partial charge in [0.25, 0.3) is 5.91 Å². The van der Waals surface area contributed by atoms with Gasteiger partial charge in [-0.25, -0.2) is 4.39 Å². The molecule has 136 valence electrons. The Balaban J connectivity index is 1.58. The van der Waals surface area contributed by atoms with Crippen LogP contribution in [0.2, 0.25) is 0 Å². The first kappa shape index (κ1) is 18.3. The van der Waals surface area contributed by atoms with Crippen LogP contribution in [-0.2, 0) is 4.79 Å². The molecule has 3 rings (SSSR count). The third-order valence-corrected chi connectivity index (χ3v) is 3.92. The van der Waals surface area contributed by atoms with Gasteiger partial charge in [-0.3, -0.25) is 9.59 Å². The first-order valence-electron chi connectivity index (χ1n) is 8.41. The fraction of sp³-hybridized carbons (Fsp3) is 0.0909. The van der Waals surface area contributed by atoms with E-state index < -0.39 is 11.7 Å². The molecule has 0 radical (unpaired) electrons. The molecule has 0 aliphatic carbocycles. The molecule has 3 aromatic carbocycles. The third-order valence-electron chi connectivity index (χ3n) is 3.92. The zero-order valence-electron chi connectivity index (χ0n) is 14.7. The van der Waals surface area contributed by atoms with E-state index >= 15 is 0 Å². The Morgan fingerprint density at radius 2 is 1.59 bits per heavy atom. The van der Waals surface area contributed by atoms with E-state index in [-0.39, 0.29) is 18.1 Å². The van der Waals surface area contributed by atoms with E-state index in [4.69, 9.17) is 4.74 Å². The molecule has 0 heterocycles. The lowest BCUT2D eigenvalue weighted by atomic mass is 10.0. The molecule has 0 aliphatic heterocycles. The topological polar surface area (TPSA) is 55.4 Å². The number of carbonyl (C=O) groups is 2. The quantitative estimate of drug-likeness (QED) is 0.661. The molecule has 0 saturated heterocycles. The summed E-state index contributed by atoms with van der Waals surface area (Å²) in [5.41, 5.74) is 2.09. The lowest BCUT2D eigenvalue weighted by molar-refractivity contribution is -0.118. The summed E-state index contributed by atoms with van der Waals surface area (Å²) < 4.78 is 19.1. The van der Waals surface area contributed by atoms with E-state index in [0.717, 1.165) is 5.56 Å². The van der Waals surface area contributed by atoms with Gasteiger partial charge in [-0.05, 0) is 48.9 Å². The second-order valence-electron chi connectivity index (χ2n) is 6.04. The molecule has 1 N–H and O–H groups in total. The highest BCUT2D eigenvalue weighted by atomic mass is 19.1. The maximum absolute atomic E-state index is 13.7. The number of halogens is 1. The Labute approximate surface area is 156 Å². The van der Waals surface area contributed by atoms with E-state index in [1.165, 1.54) is 6.07 Å². The summed E-state index contributed by atoms with van der Waals surface area (Å²) in [5.74, 6) is -0.615. The molecule has 5 heteroatoms. The van der Waals surface area contributed by atoms with Gasteiger partial charge in [-0.15, -0.1) is 0 Å². The summed E-state index contributed by atoms with van der Waals surface area (Å²) in [6.45, 7) is 1.54. The fourth-order valence-electron chi connectivity index (χ4n) is 2.53. The maximum Gasteiger partial charge on any atom is 0.262 e. The van der Waals surface area contributed by atoms with Crippen molar-refractivity contribution in [2.24, 2.45) is 0 Å². The second kappa shape index (κ2) is 8.27. The standard InChI is InChI=1S/C22H18FNO3/c1-15-7-12-19(23)20(13-15)24-21(25)14-27-18-10-8-17(9-11-18)22(26)16-5-3-2-4-6-16/h2-13H,14H2,1H3,(H,24,25).